The lowest BCUT2D eigenvalue weighted by Gasteiger charge is -2.15. The van der Waals surface area contributed by atoms with E-state index >= 15 is 0 Å². The summed E-state index contributed by atoms with van der Waals surface area (Å²) < 4.78 is 12.9. The van der Waals surface area contributed by atoms with Gasteiger partial charge in [-0.2, -0.15) is 0 Å². The predicted molar refractivity (Wildman–Crippen MR) is 70.9 cm³/mol. The van der Waals surface area contributed by atoms with Gasteiger partial charge in [-0.25, -0.2) is 4.39 Å². The number of halogens is 1. The molecule has 2 aromatic rings. The van der Waals surface area contributed by atoms with Gasteiger partial charge in [0.2, 0.25) is 0 Å². The van der Waals surface area contributed by atoms with E-state index in [0.29, 0.717) is 0 Å². The summed E-state index contributed by atoms with van der Waals surface area (Å²) in [7, 11) is 0. The Labute approximate surface area is 110 Å². The number of hydrogen-bond acceptors (Lipinski definition) is 3. The zero-order valence-electron chi connectivity index (χ0n) is 10.4. The highest BCUT2D eigenvalue weighted by Crippen LogP contribution is 2.16. The van der Waals surface area contributed by atoms with Crippen LogP contribution in [0.5, 0.6) is 0 Å². The summed E-state index contributed by atoms with van der Waals surface area (Å²) in [5.41, 5.74) is 6.95. The number of carbonyl (C=O) groups excluding carboxylic acids is 1. The van der Waals surface area contributed by atoms with Crippen molar-refractivity contribution in [2.24, 2.45) is 0 Å². The second-order valence-corrected chi connectivity index (χ2v) is 4.21. The Bertz CT molecular complexity index is 586. The molecule has 0 saturated carbocycles. The molecule has 0 radical (unpaired) electrons. The monoisotopic (exact) mass is 259 g/mol. The largest absolute Gasteiger partial charge is 0.398 e. The minimum Gasteiger partial charge on any atom is -0.398 e. The van der Waals surface area contributed by atoms with Crippen molar-refractivity contribution in [1.82, 2.24) is 10.3 Å². The number of aromatic nitrogens is 1. The fraction of sp³-hybridized carbons (Fsp3) is 0.143. The first kappa shape index (κ1) is 13.0. The van der Waals surface area contributed by atoms with E-state index in [1.807, 2.05) is 19.1 Å². The fourth-order valence-corrected chi connectivity index (χ4v) is 1.75. The molecule has 0 saturated heterocycles. The highest BCUT2D eigenvalue weighted by atomic mass is 19.1. The van der Waals surface area contributed by atoms with Crippen molar-refractivity contribution in [3.05, 3.63) is 59.7 Å². The van der Waals surface area contributed by atoms with Crippen molar-refractivity contribution in [3.63, 3.8) is 0 Å². The third-order valence-electron chi connectivity index (χ3n) is 2.81. The van der Waals surface area contributed by atoms with Crippen LogP contribution in [0.3, 0.4) is 0 Å². The van der Waals surface area contributed by atoms with Gasteiger partial charge in [-0.1, -0.05) is 0 Å². The number of nitrogens with two attached hydrogens (primary N) is 1. The van der Waals surface area contributed by atoms with E-state index < -0.39 is 5.82 Å². The van der Waals surface area contributed by atoms with Crippen LogP contribution in [0.4, 0.5) is 10.1 Å². The summed E-state index contributed by atoms with van der Waals surface area (Å²) in [6.45, 7) is 1.85. The van der Waals surface area contributed by atoms with E-state index in [-0.39, 0.29) is 23.2 Å². The van der Waals surface area contributed by atoms with Gasteiger partial charge in [0.15, 0.2) is 0 Å². The van der Waals surface area contributed by atoms with Crippen molar-refractivity contribution >= 4 is 11.6 Å². The number of anilines is 1. The van der Waals surface area contributed by atoms with E-state index in [1.165, 1.54) is 12.1 Å². The normalized spacial score (nSPS) is 11.9. The van der Waals surface area contributed by atoms with Crippen LogP contribution in [0.2, 0.25) is 0 Å². The van der Waals surface area contributed by atoms with Gasteiger partial charge in [0.05, 0.1) is 11.6 Å². The van der Waals surface area contributed by atoms with E-state index in [0.717, 1.165) is 11.6 Å². The lowest BCUT2D eigenvalue weighted by atomic mass is 10.1. The molecule has 1 aromatic heterocycles. The fourth-order valence-electron chi connectivity index (χ4n) is 1.75. The van der Waals surface area contributed by atoms with Crippen molar-refractivity contribution < 1.29 is 9.18 Å². The first-order valence-corrected chi connectivity index (χ1v) is 5.83. The maximum atomic E-state index is 12.9. The molecule has 19 heavy (non-hydrogen) atoms. The molecule has 4 nitrogen and oxygen atoms in total. The van der Waals surface area contributed by atoms with E-state index in [1.54, 1.807) is 12.4 Å². The molecular formula is C14H14FN3O. The zero-order chi connectivity index (χ0) is 13.8. The van der Waals surface area contributed by atoms with Gasteiger partial charge in [-0.15, -0.1) is 0 Å². The summed E-state index contributed by atoms with van der Waals surface area (Å²) in [5, 5.41) is 2.80. The predicted octanol–water partition coefficient (Wildman–Crippen LogP) is 2.29. The molecule has 0 aliphatic heterocycles. The van der Waals surface area contributed by atoms with Gasteiger partial charge >= 0.3 is 0 Å². The molecule has 98 valence electrons. The molecule has 0 fully saturated rings. The second kappa shape index (κ2) is 5.48. The van der Waals surface area contributed by atoms with E-state index in [4.69, 9.17) is 5.73 Å². The highest BCUT2D eigenvalue weighted by molar-refractivity contribution is 5.99. The van der Waals surface area contributed by atoms with Crippen LogP contribution in [0.25, 0.3) is 0 Å². The van der Waals surface area contributed by atoms with Crippen molar-refractivity contribution in [2.75, 3.05) is 5.73 Å². The Kier molecular flexibility index (Phi) is 3.75. The van der Waals surface area contributed by atoms with Gasteiger partial charge in [-0.3, -0.25) is 9.78 Å². The lowest BCUT2D eigenvalue weighted by Crippen LogP contribution is -2.27. The van der Waals surface area contributed by atoms with Crippen LogP contribution in [0, 0.1) is 5.82 Å². The number of benzene rings is 1. The molecule has 1 amide bonds. The van der Waals surface area contributed by atoms with E-state index in [2.05, 4.69) is 10.3 Å². The number of rotatable bonds is 3. The molecule has 2 rings (SSSR count). The number of nitrogen functional groups attached to an aromatic ring is 1. The van der Waals surface area contributed by atoms with Crippen LogP contribution in [0.15, 0.2) is 42.7 Å². The number of pyridine rings is 1. The molecular weight excluding hydrogens is 245 g/mol. The molecule has 0 unspecified atom stereocenters. The molecule has 1 aromatic carbocycles. The maximum Gasteiger partial charge on any atom is 0.253 e. The SMILES string of the molecule is C[C@@H](NC(=O)c1ccc(F)cc1N)c1ccncc1. The zero-order valence-corrected chi connectivity index (χ0v) is 10.4. The Morgan fingerprint density at radius 3 is 2.63 bits per heavy atom. The Morgan fingerprint density at radius 1 is 1.32 bits per heavy atom. The maximum absolute atomic E-state index is 12.9. The van der Waals surface area contributed by atoms with Gasteiger partial charge < -0.3 is 11.1 Å². The Balaban J connectivity index is 2.13. The molecule has 0 aliphatic rings. The third-order valence-corrected chi connectivity index (χ3v) is 2.81. The molecule has 0 spiro atoms. The quantitative estimate of drug-likeness (QED) is 0.831. The Hall–Kier alpha value is -2.43. The minimum atomic E-state index is -0.462. The van der Waals surface area contributed by atoms with Crippen molar-refractivity contribution in [2.45, 2.75) is 13.0 Å². The average Bonchev–Trinajstić information content (AvgIpc) is 2.39. The summed E-state index contributed by atoms with van der Waals surface area (Å²) in [6.07, 6.45) is 3.31. The first-order chi connectivity index (χ1) is 9.08. The summed E-state index contributed by atoms with van der Waals surface area (Å²) in [5.74, 6) is -0.793. The van der Waals surface area contributed by atoms with E-state index in [9.17, 15) is 9.18 Å². The number of carbonyl (C=O) groups is 1. The van der Waals surface area contributed by atoms with Crippen LogP contribution in [-0.4, -0.2) is 10.9 Å². The molecule has 3 N–H and O–H groups in total. The standard InChI is InChI=1S/C14H14FN3O/c1-9(10-4-6-17-7-5-10)18-14(19)12-3-2-11(15)8-13(12)16/h2-9H,16H2,1H3,(H,18,19)/t9-/m1/s1. The molecule has 0 bridgehead atoms. The second-order valence-electron chi connectivity index (χ2n) is 4.21. The van der Waals surface area contributed by atoms with Gasteiger partial charge in [0.1, 0.15) is 5.82 Å². The summed E-state index contributed by atoms with van der Waals surface area (Å²) in [6, 6.07) is 7.17. The summed E-state index contributed by atoms with van der Waals surface area (Å²) in [4.78, 5) is 15.9. The van der Waals surface area contributed by atoms with Crippen LogP contribution >= 0.6 is 0 Å². The topological polar surface area (TPSA) is 68.0 Å². The van der Waals surface area contributed by atoms with Gasteiger partial charge in [0, 0.05) is 18.1 Å². The number of hydrogen-bond donors (Lipinski definition) is 2. The first-order valence-electron chi connectivity index (χ1n) is 5.83. The van der Waals surface area contributed by atoms with Crippen molar-refractivity contribution in [3.8, 4) is 0 Å². The van der Waals surface area contributed by atoms with Crippen LogP contribution in [-0.2, 0) is 0 Å². The lowest BCUT2D eigenvalue weighted by molar-refractivity contribution is 0.0940. The van der Waals surface area contributed by atoms with Crippen LogP contribution in [0.1, 0.15) is 28.9 Å². The average molecular weight is 259 g/mol. The molecule has 1 atom stereocenters. The highest BCUT2D eigenvalue weighted by Gasteiger charge is 2.14. The minimum absolute atomic E-state index is 0.124. The molecule has 0 aliphatic carbocycles. The molecule has 1 heterocycles. The number of amides is 1. The molecule has 5 heteroatoms. The van der Waals surface area contributed by atoms with Gasteiger partial charge in [0.25, 0.3) is 5.91 Å². The van der Waals surface area contributed by atoms with Crippen molar-refractivity contribution in [1.29, 1.82) is 0 Å². The van der Waals surface area contributed by atoms with Gasteiger partial charge in [-0.05, 0) is 42.8 Å². The van der Waals surface area contributed by atoms with Crippen LogP contribution < -0.4 is 11.1 Å². The summed E-state index contributed by atoms with van der Waals surface area (Å²) >= 11 is 0. The smallest absolute Gasteiger partial charge is 0.253 e. The number of nitrogens with one attached hydrogen (secondary N) is 1. The Morgan fingerprint density at radius 2 is 2.00 bits per heavy atom. The number of nitrogens with zero attached hydrogens (tertiary/aromatic N) is 1. The third kappa shape index (κ3) is 3.07.